The molecule has 0 spiro atoms. The molecule has 4 rings (SSSR count). The maximum atomic E-state index is 5.80. The molecule has 0 aromatic heterocycles. The van der Waals surface area contributed by atoms with Crippen LogP contribution in [0.3, 0.4) is 0 Å². The molecule has 3 aliphatic rings. The minimum Gasteiger partial charge on any atom is -0.493 e. The maximum absolute atomic E-state index is 5.80. The summed E-state index contributed by atoms with van der Waals surface area (Å²) in [6.45, 7) is 10.4. The van der Waals surface area contributed by atoms with Gasteiger partial charge in [-0.05, 0) is 55.5 Å². The second-order valence-electron chi connectivity index (χ2n) is 7.99. The lowest BCUT2D eigenvalue weighted by molar-refractivity contribution is -0.00609. The third-order valence-corrected chi connectivity index (χ3v) is 6.19. The first kappa shape index (κ1) is 19.1. The van der Waals surface area contributed by atoms with Crippen LogP contribution >= 0.6 is 0 Å². The van der Waals surface area contributed by atoms with Crippen molar-refractivity contribution in [2.24, 2.45) is 0 Å². The summed E-state index contributed by atoms with van der Waals surface area (Å²) in [5.41, 5.74) is 4.96. The fraction of sp³-hybridized carbons (Fsp3) is 0.478. The molecule has 28 heavy (non-hydrogen) atoms. The molecule has 5 heteroatoms. The first-order valence-electron chi connectivity index (χ1n) is 9.79. The minimum atomic E-state index is -0.193. The lowest BCUT2D eigenvalue weighted by Crippen LogP contribution is -2.56. The third-order valence-electron chi connectivity index (χ3n) is 6.19. The van der Waals surface area contributed by atoms with Gasteiger partial charge in [-0.2, -0.15) is 0 Å². The summed E-state index contributed by atoms with van der Waals surface area (Å²) < 4.78 is 22.5. The molecular formula is C23H29NO4. The standard InChI is InChI=1S/C23H29NO4/c1-15-12-18-16(9-11-27-14-28-15)8-10-24-19(18)13-17-6-7-20(25-4)22(26-5)21(17)23(24,2)3/h6-7,9,12,19H,1,8,10-11,13-14H2,2-5H3. The van der Waals surface area contributed by atoms with E-state index in [1.54, 1.807) is 14.2 Å². The Hall–Kier alpha value is -2.24. The van der Waals surface area contributed by atoms with E-state index >= 15 is 0 Å². The molecule has 3 heterocycles. The molecule has 3 aliphatic heterocycles. The Morgan fingerprint density at radius 3 is 2.79 bits per heavy atom. The lowest BCUT2D eigenvalue weighted by atomic mass is 9.74. The number of hydrogen-bond acceptors (Lipinski definition) is 5. The summed E-state index contributed by atoms with van der Waals surface area (Å²) >= 11 is 0. The third kappa shape index (κ3) is 3.03. The molecule has 1 unspecified atom stereocenters. The average Bonchev–Trinajstić information content (AvgIpc) is 2.77. The second-order valence-corrected chi connectivity index (χ2v) is 7.99. The van der Waals surface area contributed by atoms with Crippen LogP contribution in [-0.2, 0) is 21.4 Å². The molecule has 1 saturated heterocycles. The Bertz CT molecular complexity index is 852. The summed E-state index contributed by atoms with van der Waals surface area (Å²) in [5, 5.41) is 0. The average molecular weight is 383 g/mol. The van der Waals surface area contributed by atoms with Crippen molar-refractivity contribution in [2.75, 3.05) is 34.2 Å². The molecule has 0 amide bonds. The Balaban J connectivity index is 1.84. The summed E-state index contributed by atoms with van der Waals surface area (Å²) in [7, 11) is 3.41. The molecule has 0 radical (unpaired) electrons. The SMILES string of the molecule is C=C1C=C2C(=CCOCO1)CCN1C2Cc2ccc(OC)c(OC)c2C1(C)C. The van der Waals surface area contributed by atoms with E-state index in [1.807, 2.05) is 6.07 Å². The van der Waals surface area contributed by atoms with E-state index in [2.05, 4.69) is 43.5 Å². The van der Waals surface area contributed by atoms with Crippen LogP contribution in [0.1, 0.15) is 31.4 Å². The lowest BCUT2D eigenvalue weighted by Gasteiger charge is -2.52. The highest BCUT2D eigenvalue weighted by atomic mass is 16.7. The Morgan fingerprint density at radius 1 is 1.21 bits per heavy atom. The number of ether oxygens (including phenoxy) is 4. The topological polar surface area (TPSA) is 40.2 Å². The molecule has 1 fully saturated rings. The number of benzene rings is 1. The van der Waals surface area contributed by atoms with Crippen LogP contribution in [0.4, 0.5) is 0 Å². The molecule has 150 valence electrons. The zero-order valence-electron chi connectivity index (χ0n) is 17.2. The molecule has 0 saturated carbocycles. The first-order valence-corrected chi connectivity index (χ1v) is 9.79. The minimum absolute atomic E-state index is 0.193. The van der Waals surface area contributed by atoms with Gasteiger partial charge in [0, 0.05) is 23.7 Å². The van der Waals surface area contributed by atoms with Crippen molar-refractivity contribution >= 4 is 0 Å². The van der Waals surface area contributed by atoms with Crippen molar-refractivity contribution in [1.82, 2.24) is 4.90 Å². The first-order chi connectivity index (χ1) is 13.5. The Morgan fingerprint density at radius 2 is 2.04 bits per heavy atom. The predicted molar refractivity (Wildman–Crippen MR) is 109 cm³/mol. The maximum Gasteiger partial charge on any atom is 0.189 e. The van der Waals surface area contributed by atoms with Crippen LogP contribution in [0.15, 0.2) is 47.8 Å². The number of methoxy groups -OCH3 is 2. The number of rotatable bonds is 2. The van der Waals surface area contributed by atoms with Crippen molar-refractivity contribution in [2.45, 2.75) is 38.3 Å². The van der Waals surface area contributed by atoms with Gasteiger partial charge < -0.3 is 18.9 Å². The summed E-state index contributed by atoms with van der Waals surface area (Å²) in [6, 6.07) is 4.45. The van der Waals surface area contributed by atoms with Gasteiger partial charge in [0.1, 0.15) is 5.76 Å². The van der Waals surface area contributed by atoms with Crippen LogP contribution in [0, 0.1) is 0 Å². The van der Waals surface area contributed by atoms with E-state index in [0.717, 1.165) is 30.9 Å². The van der Waals surface area contributed by atoms with Gasteiger partial charge in [0.2, 0.25) is 0 Å². The van der Waals surface area contributed by atoms with Gasteiger partial charge in [0.05, 0.1) is 20.8 Å². The van der Waals surface area contributed by atoms with Crippen molar-refractivity contribution in [3.63, 3.8) is 0 Å². The highest BCUT2D eigenvalue weighted by Gasteiger charge is 2.46. The fourth-order valence-corrected chi connectivity index (χ4v) is 4.92. The van der Waals surface area contributed by atoms with Gasteiger partial charge in [-0.1, -0.05) is 18.7 Å². The molecule has 5 nitrogen and oxygen atoms in total. The monoisotopic (exact) mass is 383 g/mol. The van der Waals surface area contributed by atoms with E-state index in [4.69, 9.17) is 18.9 Å². The van der Waals surface area contributed by atoms with Gasteiger partial charge in [-0.25, -0.2) is 0 Å². The zero-order chi connectivity index (χ0) is 19.9. The Labute approximate surface area is 167 Å². The molecule has 1 aromatic rings. The Kier molecular flexibility index (Phi) is 4.98. The van der Waals surface area contributed by atoms with Crippen molar-refractivity contribution in [3.05, 3.63) is 58.9 Å². The largest absolute Gasteiger partial charge is 0.493 e. The molecular weight excluding hydrogens is 354 g/mol. The van der Waals surface area contributed by atoms with E-state index in [9.17, 15) is 0 Å². The van der Waals surface area contributed by atoms with Gasteiger partial charge in [-0.15, -0.1) is 0 Å². The van der Waals surface area contributed by atoms with Crippen molar-refractivity contribution < 1.29 is 18.9 Å². The van der Waals surface area contributed by atoms with Crippen molar-refractivity contribution in [1.29, 1.82) is 0 Å². The zero-order valence-corrected chi connectivity index (χ0v) is 17.2. The second kappa shape index (κ2) is 7.30. The molecule has 0 N–H and O–H groups in total. The van der Waals surface area contributed by atoms with Crippen LogP contribution in [0.25, 0.3) is 0 Å². The van der Waals surface area contributed by atoms with E-state index < -0.39 is 0 Å². The fourth-order valence-electron chi connectivity index (χ4n) is 4.92. The molecule has 1 aromatic carbocycles. The summed E-state index contributed by atoms with van der Waals surface area (Å²) in [5.74, 6) is 2.28. The summed E-state index contributed by atoms with van der Waals surface area (Å²) in [4.78, 5) is 2.58. The molecule has 0 aliphatic carbocycles. The number of fused-ring (bicyclic) bond motifs is 4. The highest BCUT2D eigenvalue weighted by Crippen LogP contribution is 2.50. The smallest absolute Gasteiger partial charge is 0.189 e. The van der Waals surface area contributed by atoms with E-state index in [1.165, 1.54) is 22.3 Å². The number of hydrogen-bond donors (Lipinski definition) is 0. The number of nitrogens with zero attached hydrogens (tertiary/aromatic N) is 1. The van der Waals surface area contributed by atoms with E-state index in [-0.39, 0.29) is 18.4 Å². The molecule has 0 bridgehead atoms. The highest BCUT2D eigenvalue weighted by molar-refractivity contribution is 5.57. The normalized spacial score (nSPS) is 24.1. The van der Waals surface area contributed by atoms with Crippen LogP contribution in [-0.4, -0.2) is 45.1 Å². The van der Waals surface area contributed by atoms with Crippen LogP contribution in [0.2, 0.25) is 0 Å². The van der Waals surface area contributed by atoms with Gasteiger partial charge in [0.25, 0.3) is 0 Å². The quantitative estimate of drug-likeness (QED) is 0.774. The molecule has 1 atom stereocenters. The summed E-state index contributed by atoms with van der Waals surface area (Å²) in [6.07, 6.45) is 6.18. The van der Waals surface area contributed by atoms with Gasteiger partial charge in [-0.3, -0.25) is 4.90 Å². The number of allylic oxidation sites excluding steroid dienone is 1. The van der Waals surface area contributed by atoms with Gasteiger partial charge in [0.15, 0.2) is 18.3 Å². The van der Waals surface area contributed by atoms with Crippen LogP contribution in [0.5, 0.6) is 11.5 Å². The van der Waals surface area contributed by atoms with Crippen molar-refractivity contribution in [3.8, 4) is 11.5 Å². The van der Waals surface area contributed by atoms with Gasteiger partial charge >= 0.3 is 0 Å². The predicted octanol–water partition coefficient (Wildman–Crippen LogP) is 3.94. The van der Waals surface area contributed by atoms with Crippen LogP contribution < -0.4 is 9.47 Å². The van der Waals surface area contributed by atoms with E-state index in [0.29, 0.717) is 12.4 Å². The number of piperidine rings is 1.